The van der Waals surface area contributed by atoms with Crippen molar-refractivity contribution in [3.05, 3.63) is 112 Å². The molecule has 3 aromatic carbocycles. The van der Waals surface area contributed by atoms with E-state index in [1.54, 1.807) is 18.2 Å². The zero-order valence-electron chi connectivity index (χ0n) is 26.3. The molecule has 1 aliphatic rings. The van der Waals surface area contributed by atoms with Crippen LogP contribution in [-0.4, -0.2) is 74.7 Å². The number of hydrogen-bond acceptors (Lipinski definition) is 6. The van der Waals surface area contributed by atoms with Gasteiger partial charge in [0.05, 0.1) is 17.2 Å². The number of H-pyrrole nitrogens is 1. The van der Waals surface area contributed by atoms with Gasteiger partial charge in [-0.15, -0.1) is 0 Å². The molecule has 0 bridgehead atoms. The molecule has 1 fully saturated rings. The Morgan fingerprint density at radius 2 is 1.72 bits per heavy atom. The zero-order chi connectivity index (χ0) is 33.0. The maximum Gasteiger partial charge on any atom is 0.286 e. The van der Waals surface area contributed by atoms with E-state index < -0.39 is 0 Å². The molecule has 3 N–H and O–H groups in total. The topological polar surface area (TPSA) is 98.9 Å². The first kappa shape index (κ1) is 33.9. The molecule has 2 heterocycles. The number of aromatic amines is 1. The Kier molecular flexibility index (Phi) is 12.2. The summed E-state index contributed by atoms with van der Waals surface area (Å²) in [6.07, 6.45) is 6.08. The largest absolute Gasteiger partial charge is 0.491 e. The van der Waals surface area contributed by atoms with Crippen LogP contribution in [0.3, 0.4) is 0 Å². The summed E-state index contributed by atoms with van der Waals surface area (Å²) in [5.74, 6) is 0.489. The van der Waals surface area contributed by atoms with Crippen LogP contribution in [0.1, 0.15) is 17.7 Å². The highest BCUT2D eigenvalue weighted by Crippen LogP contribution is 2.28. The van der Waals surface area contributed by atoms with E-state index in [2.05, 4.69) is 31.5 Å². The highest BCUT2D eigenvalue weighted by atomic mass is 35.5. The molecular formula is C36H39Cl2N5O4. The van der Waals surface area contributed by atoms with Crippen molar-refractivity contribution in [2.45, 2.75) is 13.0 Å². The second-order valence-electron chi connectivity index (χ2n) is 11.2. The summed E-state index contributed by atoms with van der Waals surface area (Å²) >= 11 is 12.2. The number of fused-ring (bicyclic) bond motifs is 1. The van der Waals surface area contributed by atoms with E-state index in [0.29, 0.717) is 28.9 Å². The fraction of sp³-hybridized carbons (Fsp3) is 0.278. The number of ether oxygens (including phenoxy) is 2. The first-order valence-corrected chi connectivity index (χ1v) is 16.3. The third kappa shape index (κ3) is 10.0. The lowest BCUT2D eigenvalue weighted by Gasteiger charge is -2.36. The lowest BCUT2D eigenvalue weighted by Crippen LogP contribution is -2.47. The monoisotopic (exact) mass is 675 g/mol. The van der Waals surface area contributed by atoms with Crippen molar-refractivity contribution in [3.63, 3.8) is 0 Å². The Morgan fingerprint density at radius 3 is 2.51 bits per heavy atom. The van der Waals surface area contributed by atoms with E-state index in [4.69, 9.17) is 32.7 Å². The molecule has 2 amide bonds. The molecule has 1 saturated heterocycles. The highest BCUT2D eigenvalue weighted by molar-refractivity contribution is 6.42. The van der Waals surface area contributed by atoms with Gasteiger partial charge in [0, 0.05) is 67.6 Å². The van der Waals surface area contributed by atoms with E-state index >= 15 is 0 Å². The van der Waals surface area contributed by atoms with Crippen LogP contribution in [0.2, 0.25) is 10.0 Å². The van der Waals surface area contributed by atoms with Crippen molar-refractivity contribution in [3.8, 4) is 5.75 Å². The number of anilines is 1. The zero-order valence-corrected chi connectivity index (χ0v) is 27.8. The second kappa shape index (κ2) is 16.9. The minimum absolute atomic E-state index is 0.0316. The maximum absolute atomic E-state index is 12.7. The Balaban J connectivity index is 0.993. The average molecular weight is 677 g/mol. The number of rotatable bonds is 14. The van der Waals surface area contributed by atoms with Gasteiger partial charge in [-0.2, -0.15) is 0 Å². The standard InChI is InChI=1S/C36H39Cl2N5O4/c1-46-34(13-5-10-28-20-27-21-31(37)32(38)23-33(27)41-28)36(45)39-14-7-15-42-16-18-43(19-17-42)29-11-6-12-30(22-29)47-25-35(44)40-24-26-8-3-2-4-9-26/h2-6,8-13,20-23,41H,7,14-19,24-25H2,1H3,(H,39,45)(H,40,44). The second-order valence-corrected chi connectivity index (χ2v) is 12.0. The van der Waals surface area contributed by atoms with Crippen molar-refractivity contribution in [1.82, 2.24) is 20.5 Å². The number of aromatic nitrogens is 1. The van der Waals surface area contributed by atoms with Gasteiger partial charge in [-0.1, -0.05) is 65.7 Å². The molecule has 1 aromatic heterocycles. The normalized spacial score (nSPS) is 14.0. The van der Waals surface area contributed by atoms with Crippen LogP contribution < -0.4 is 20.3 Å². The number of amides is 2. The first-order chi connectivity index (χ1) is 22.9. The van der Waals surface area contributed by atoms with Gasteiger partial charge in [-0.05, 0) is 61.0 Å². The lowest BCUT2D eigenvalue weighted by molar-refractivity contribution is -0.123. The molecule has 5 rings (SSSR count). The molecule has 9 nitrogen and oxygen atoms in total. The number of benzene rings is 3. The molecule has 11 heteroatoms. The molecule has 0 aliphatic carbocycles. The fourth-order valence-electron chi connectivity index (χ4n) is 5.30. The van der Waals surface area contributed by atoms with Crippen LogP contribution in [0.15, 0.2) is 90.7 Å². The molecule has 246 valence electrons. The lowest BCUT2D eigenvalue weighted by atomic mass is 10.2. The number of halogens is 2. The van der Waals surface area contributed by atoms with Gasteiger partial charge < -0.3 is 30.0 Å². The highest BCUT2D eigenvalue weighted by Gasteiger charge is 2.18. The third-order valence-electron chi connectivity index (χ3n) is 7.84. The van der Waals surface area contributed by atoms with Crippen molar-refractivity contribution < 1.29 is 19.1 Å². The Bertz CT molecular complexity index is 1680. The number of nitrogens with zero attached hydrogens (tertiary/aromatic N) is 2. The quantitative estimate of drug-likeness (QED) is 0.0652. The minimum atomic E-state index is -0.257. The van der Waals surface area contributed by atoms with Crippen molar-refractivity contribution in [2.75, 3.05) is 57.9 Å². The van der Waals surface area contributed by atoms with Crippen molar-refractivity contribution >= 4 is 57.7 Å². The predicted octanol–water partition coefficient (Wildman–Crippen LogP) is 6.04. The van der Waals surface area contributed by atoms with Gasteiger partial charge >= 0.3 is 0 Å². The summed E-state index contributed by atoms with van der Waals surface area (Å²) in [7, 11) is 1.48. The number of carbonyl (C=O) groups excluding carboxylic acids is 2. The molecule has 0 unspecified atom stereocenters. The number of nitrogens with one attached hydrogen (secondary N) is 3. The maximum atomic E-state index is 12.7. The molecule has 0 atom stereocenters. The summed E-state index contributed by atoms with van der Waals surface area (Å²) < 4.78 is 11.1. The van der Waals surface area contributed by atoms with E-state index in [-0.39, 0.29) is 24.2 Å². The van der Waals surface area contributed by atoms with Crippen LogP contribution in [0, 0.1) is 0 Å². The predicted molar refractivity (Wildman–Crippen MR) is 189 cm³/mol. The van der Waals surface area contributed by atoms with Gasteiger partial charge in [-0.3, -0.25) is 14.5 Å². The first-order valence-electron chi connectivity index (χ1n) is 15.6. The van der Waals surface area contributed by atoms with Crippen molar-refractivity contribution in [1.29, 1.82) is 0 Å². The summed E-state index contributed by atoms with van der Waals surface area (Å²) in [6, 6.07) is 23.2. The molecule has 0 radical (unpaired) electrons. The Morgan fingerprint density at radius 1 is 0.936 bits per heavy atom. The van der Waals surface area contributed by atoms with Gasteiger partial charge in [0.15, 0.2) is 12.4 Å². The third-order valence-corrected chi connectivity index (χ3v) is 8.57. The van der Waals surface area contributed by atoms with Gasteiger partial charge in [0.25, 0.3) is 11.8 Å². The van der Waals surface area contributed by atoms with E-state index in [0.717, 1.165) is 67.0 Å². The minimum Gasteiger partial charge on any atom is -0.491 e. The van der Waals surface area contributed by atoms with Crippen LogP contribution in [0.25, 0.3) is 17.0 Å². The summed E-state index contributed by atoms with van der Waals surface area (Å²) in [4.78, 5) is 32.9. The Hall–Kier alpha value is -4.44. The Labute approximate surface area is 285 Å². The summed E-state index contributed by atoms with van der Waals surface area (Å²) in [6.45, 7) is 5.47. The fourth-order valence-corrected chi connectivity index (χ4v) is 5.64. The average Bonchev–Trinajstić information content (AvgIpc) is 3.48. The molecule has 0 saturated carbocycles. The smallest absolute Gasteiger partial charge is 0.286 e. The van der Waals surface area contributed by atoms with Crippen LogP contribution >= 0.6 is 23.2 Å². The molecule has 0 spiro atoms. The van der Waals surface area contributed by atoms with Crippen LogP contribution in [0.5, 0.6) is 5.75 Å². The number of piperazine rings is 1. The van der Waals surface area contributed by atoms with E-state index in [1.807, 2.05) is 66.7 Å². The van der Waals surface area contributed by atoms with Gasteiger partial charge in [0.2, 0.25) is 0 Å². The number of carbonyl (C=O) groups is 2. The van der Waals surface area contributed by atoms with E-state index in [9.17, 15) is 9.59 Å². The van der Waals surface area contributed by atoms with E-state index in [1.165, 1.54) is 7.11 Å². The molecule has 47 heavy (non-hydrogen) atoms. The van der Waals surface area contributed by atoms with Crippen LogP contribution in [-0.2, 0) is 20.9 Å². The summed E-state index contributed by atoms with van der Waals surface area (Å²) in [5, 5.41) is 7.78. The van der Waals surface area contributed by atoms with Gasteiger partial charge in [0.1, 0.15) is 5.75 Å². The molecule has 4 aromatic rings. The number of allylic oxidation sites excluding steroid dienone is 2. The SMILES string of the molecule is COC(=CC=Cc1cc2cc(Cl)c(Cl)cc2[nH]1)C(=O)NCCCN1CCN(c2cccc(OCC(=O)NCc3ccccc3)c2)CC1. The number of hydrogen-bond donors (Lipinski definition) is 3. The van der Waals surface area contributed by atoms with Gasteiger partial charge in [-0.25, -0.2) is 0 Å². The van der Waals surface area contributed by atoms with Crippen LogP contribution in [0.4, 0.5) is 5.69 Å². The molecular weight excluding hydrogens is 637 g/mol. The number of methoxy groups -OCH3 is 1. The van der Waals surface area contributed by atoms with Crippen molar-refractivity contribution in [2.24, 2.45) is 0 Å². The summed E-state index contributed by atoms with van der Waals surface area (Å²) in [5.41, 5.74) is 3.85. The molecule has 1 aliphatic heterocycles.